The zero-order chi connectivity index (χ0) is 10.9. The first-order chi connectivity index (χ1) is 7.15. The largest absolute Gasteiger partial charge is 0.489 e. The van der Waals surface area contributed by atoms with Crippen molar-refractivity contribution < 1.29 is 13.2 Å². The number of halogens is 1. The maximum Gasteiger partial charge on any atom is 0.249 e. The summed E-state index contributed by atoms with van der Waals surface area (Å²) < 4.78 is 29.9. The second-order valence-electron chi connectivity index (χ2n) is 3.11. The van der Waals surface area contributed by atoms with Crippen LogP contribution in [0.1, 0.15) is 0 Å². The number of rotatable bonds is 2. The lowest BCUT2D eigenvalue weighted by molar-refractivity contribution is 0.316. The smallest absolute Gasteiger partial charge is 0.249 e. The summed E-state index contributed by atoms with van der Waals surface area (Å²) in [6.45, 7) is 0.666. The molecule has 0 bridgehead atoms. The first-order valence-electron chi connectivity index (χ1n) is 4.43. The number of hydrogen-bond acceptors (Lipinski definition) is 3. The second kappa shape index (κ2) is 3.90. The van der Waals surface area contributed by atoms with Gasteiger partial charge in [-0.3, -0.25) is 4.31 Å². The third-order valence-electron chi connectivity index (χ3n) is 2.16. The monoisotopic (exact) mass is 247 g/mol. The molecule has 0 radical (unpaired) electrons. The van der Waals surface area contributed by atoms with E-state index in [9.17, 15) is 8.42 Å². The van der Waals surface area contributed by atoms with Gasteiger partial charge in [-0.05, 0) is 12.1 Å². The van der Waals surface area contributed by atoms with Gasteiger partial charge in [0.05, 0.1) is 12.2 Å². The summed E-state index contributed by atoms with van der Waals surface area (Å²) in [5, 5.41) is -0.415. The molecule has 0 saturated heterocycles. The van der Waals surface area contributed by atoms with Crippen LogP contribution in [0.5, 0.6) is 5.75 Å². The highest BCUT2D eigenvalue weighted by Gasteiger charge is 2.27. The zero-order valence-corrected chi connectivity index (χ0v) is 9.46. The topological polar surface area (TPSA) is 46.6 Å². The van der Waals surface area contributed by atoms with E-state index in [1.54, 1.807) is 24.3 Å². The van der Waals surface area contributed by atoms with Gasteiger partial charge in [-0.25, -0.2) is 8.42 Å². The van der Waals surface area contributed by atoms with Crippen molar-refractivity contribution in [2.75, 3.05) is 22.7 Å². The molecule has 1 aliphatic rings. The Morgan fingerprint density at radius 3 is 2.87 bits per heavy atom. The molecule has 4 nitrogen and oxygen atoms in total. The zero-order valence-electron chi connectivity index (χ0n) is 7.89. The minimum absolute atomic E-state index is 0.312. The molecule has 0 N–H and O–H groups in total. The van der Waals surface area contributed by atoms with Gasteiger partial charge in [-0.15, -0.1) is 11.6 Å². The van der Waals surface area contributed by atoms with Gasteiger partial charge in [0, 0.05) is 0 Å². The maximum atomic E-state index is 11.7. The Morgan fingerprint density at radius 2 is 2.13 bits per heavy atom. The number of anilines is 1. The van der Waals surface area contributed by atoms with Crippen LogP contribution in [0.3, 0.4) is 0 Å². The summed E-state index contributed by atoms with van der Waals surface area (Å²) in [5.41, 5.74) is 0.560. The fourth-order valence-corrected chi connectivity index (χ4v) is 2.77. The molecule has 0 spiro atoms. The summed E-state index contributed by atoms with van der Waals surface area (Å²) in [7, 11) is -3.42. The lowest BCUT2D eigenvalue weighted by atomic mass is 10.2. The molecule has 0 saturated carbocycles. The van der Waals surface area contributed by atoms with E-state index in [1.165, 1.54) is 4.31 Å². The van der Waals surface area contributed by atoms with Crippen LogP contribution in [0.15, 0.2) is 24.3 Å². The Kier molecular flexibility index (Phi) is 2.75. The minimum atomic E-state index is -3.42. The Hall–Kier alpha value is -0.940. The highest BCUT2D eigenvalue weighted by molar-refractivity contribution is 7.93. The standard InChI is InChI=1S/C9H10ClNO3S/c10-7-15(12,13)11-5-6-14-9-4-2-1-3-8(9)11/h1-4H,5-7H2. The number of fused-ring (bicyclic) bond motifs is 1. The molecule has 15 heavy (non-hydrogen) atoms. The molecule has 0 atom stereocenters. The summed E-state index contributed by atoms with van der Waals surface area (Å²) in [4.78, 5) is 0. The normalized spacial score (nSPS) is 15.7. The van der Waals surface area contributed by atoms with Crippen molar-refractivity contribution in [2.45, 2.75) is 0 Å². The van der Waals surface area contributed by atoms with Crippen LogP contribution >= 0.6 is 11.6 Å². The highest BCUT2D eigenvalue weighted by atomic mass is 35.5. The van der Waals surface area contributed by atoms with Gasteiger partial charge in [-0.1, -0.05) is 12.1 Å². The molecule has 6 heteroatoms. The Labute approximate surface area is 93.5 Å². The average molecular weight is 248 g/mol. The maximum absolute atomic E-state index is 11.7. The van der Waals surface area contributed by atoms with Gasteiger partial charge in [0.25, 0.3) is 0 Å². The highest BCUT2D eigenvalue weighted by Crippen LogP contribution is 2.32. The fraction of sp³-hybridized carbons (Fsp3) is 0.333. The van der Waals surface area contributed by atoms with Gasteiger partial charge in [0.15, 0.2) is 0 Å². The molecule has 0 fully saturated rings. The van der Waals surface area contributed by atoms with Crippen LogP contribution in [0.2, 0.25) is 0 Å². The lowest BCUT2D eigenvalue weighted by Crippen LogP contribution is -2.38. The summed E-state index contributed by atoms with van der Waals surface area (Å²) in [6.07, 6.45) is 0. The third-order valence-corrected chi connectivity index (χ3v) is 4.31. The van der Waals surface area contributed by atoms with Crippen LogP contribution in [-0.4, -0.2) is 26.8 Å². The van der Waals surface area contributed by atoms with E-state index in [0.29, 0.717) is 24.6 Å². The van der Waals surface area contributed by atoms with Crippen molar-refractivity contribution >= 4 is 27.3 Å². The molecule has 0 amide bonds. The van der Waals surface area contributed by atoms with E-state index in [2.05, 4.69) is 0 Å². The minimum Gasteiger partial charge on any atom is -0.489 e. The Balaban J connectivity index is 2.47. The predicted octanol–water partition coefficient (Wildman–Crippen LogP) is 1.41. The van der Waals surface area contributed by atoms with Crippen LogP contribution in [0, 0.1) is 0 Å². The summed E-state index contributed by atoms with van der Waals surface area (Å²) >= 11 is 5.42. The molecule has 0 aromatic heterocycles. The van der Waals surface area contributed by atoms with Crippen molar-refractivity contribution in [2.24, 2.45) is 0 Å². The molecule has 1 aliphatic heterocycles. The van der Waals surface area contributed by atoms with Crippen LogP contribution in [-0.2, 0) is 10.0 Å². The molecule has 2 rings (SSSR count). The molecule has 0 unspecified atom stereocenters. The van der Waals surface area contributed by atoms with Crippen molar-refractivity contribution in [1.29, 1.82) is 0 Å². The van der Waals surface area contributed by atoms with Crippen LogP contribution in [0.4, 0.5) is 5.69 Å². The first-order valence-corrected chi connectivity index (χ1v) is 6.58. The molecular weight excluding hydrogens is 238 g/mol. The quantitative estimate of drug-likeness (QED) is 0.743. The molecule has 1 aromatic rings. The molecule has 1 heterocycles. The number of nitrogens with zero attached hydrogens (tertiary/aromatic N) is 1. The average Bonchev–Trinajstić information content (AvgIpc) is 2.28. The van der Waals surface area contributed by atoms with Crippen molar-refractivity contribution in [3.8, 4) is 5.75 Å². The van der Waals surface area contributed by atoms with Gasteiger partial charge < -0.3 is 4.74 Å². The Morgan fingerprint density at radius 1 is 1.40 bits per heavy atom. The molecule has 82 valence electrons. The summed E-state index contributed by atoms with van der Waals surface area (Å²) in [6, 6.07) is 7.02. The summed E-state index contributed by atoms with van der Waals surface area (Å²) in [5.74, 6) is 0.581. The third kappa shape index (κ3) is 1.89. The fourth-order valence-electron chi connectivity index (χ4n) is 1.49. The van der Waals surface area contributed by atoms with E-state index in [1.807, 2.05) is 0 Å². The predicted molar refractivity (Wildman–Crippen MR) is 58.9 cm³/mol. The van der Waals surface area contributed by atoms with Gasteiger partial charge in [0.2, 0.25) is 10.0 Å². The van der Waals surface area contributed by atoms with E-state index in [-0.39, 0.29) is 0 Å². The van der Waals surface area contributed by atoms with Crippen LogP contribution in [0.25, 0.3) is 0 Å². The second-order valence-corrected chi connectivity index (χ2v) is 5.59. The number of alkyl halides is 1. The number of hydrogen-bond donors (Lipinski definition) is 0. The number of para-hydroxylation sites is 2. The van der Waals surface area contributed by atoms with Crippen molar-refractivity contribution in [1.82, 2.24) is 0 Å². The van der Waals surface area contributed by atoms with Crippen LogP contribution < -0.4 is 9.04 Å². The van der Waals surface area contributed by atoms with E-state index in [0.717, 1.165) is 0 Å². The molecular formula is C9H10ClNO3S. The van der Waals surface area contributed by atoms with Crippen molar-refractivity contribution in [3.05, 3.63) is 24.3 Å². The molecule has 0 aliphatic carbocycles. The number of sulfonamides is 1. The van der Waals surface area contributed by atoms with Crippen molar-refractivity contribution in [3.63, 3.8) is 0 Å². The lowest BCUT2D eigenvalue weighted by Gasteiger charge is -2.29. The molecule has 1 aromatic carbocycles. The van der Waals surface area contributed by atoms with E-state index >= 15 is 0 Å². The van der Waals surface area contributed by atoms with E-state index in [4.69, 9.17) is 16.3 Å². The first kappa shape index (κ1) is 10.6. The van der Waals surface area contributed by atoms with Gasteiger partial charge in [-0.2, -0.15) is 0 Å². The van der Waals surface area contributed by atoms with Gasteiger partial charge in [0.1, 0.15) is 17.6 Å². The Bertz CT molecular complexity index is 460. The van der Waals surface area contributed by atoms with Gasteiger partial charge >= 0.3 is 0 Å². The van der Waals surface area contributed by atoms with E-state index < -0.39 is 15.2 Å². The number of ether oxygens (including phenoxy) is 1. The number of benzene rings is 1. The SMILES string of the molecule is O=S(=O)(CCl)N1CCOc2ccccc21.